The SMILES string of the molecule is O=C(NC12CC(C1)C2)O[C@H]1CO[C@@H](c2cc(Nc3nccc4nc(CN5CCC5)cn34)n[nH]2)[C@H]1F. The van der Waals surface area contributed by atoms with Gasteiger partial charge in [0.05, 0.1) is 18.0 Å². The first-order valence-electron chi connectivity index (χ1n) is 12.2. The minimum absolute atomic E-state index is 0.00758. The summed E-state index contributed by atoms with van der Waals surface area (Å²) in [7, 11) is 0. The Hall–Kier alpha value is -3.25. The zero-order valence-electron chi connectivity index (χ0n) is 19.1. The standard InChI is InChI=1S/C23H27FN8O3/c24-19-16(35-22(33)28-23-7-13(8-23)9-23)12-34-20(19)15-6-17(30-29-15)27-21-25-3-2-18-26-14(11-32(18)21)10-31-4-1-5-31/h2-3,6,11,13,16,19-20H,1,4-5,7-10,12H2,(H,28,33)(H2,25,27,29,30)/t13?,16-,19-,20-,23?/m0/s1. The van der Waals surface area contributed by atoms with Crippen molar-refractivity contribution in [2.75, 3.05) is 25.0 Å². The summed E-state index contributed by atoms with van der Waals surface area (Å²) in [6.45, 7) is 3.01. The predicted octanol–water partition coefficient (Wildman–Crippen LogP) is 2.46. The lowest BCUT2D eigenvalue weighted by Crippen LogP contribution is -2.68. The quantitative estimate of drug-likeness (QED) is 0.470. The van der Waals surface area contributed by atoms with Crippen LogP contribution in [0, 0.1) is 5.92 Å². The third kappa shape index (κ3) is 3.71. The molecule has 35 heavy (non-hydrogen) atoms. The molecule has 3 aromatic heterocycles. The van der Waals surface area contributed by atoms with Crippen LogP contribution in [0.2, 0.25) is 0 Å². The maximum atomic E-state index is 15.1. The van der Waals surface area contributed by atoms with E-state index in [2.05, 4.69) is 35.7 Å². The van der Waals surface area contributed by atoms with Crippen molar-refractivity contribution in [1.82, 2.24) is 34.8 Å². The number of aromatic amines is 1. The van der Waals surface area contributed by atoms with Crippen LogP contribution < -0.4 is 10.6 Å². The number of fused-ring (bicyclic) bond motifs is 1. The summed E-state index contributed by atoms with van der Waals surface area (Å²) in [5.74, 6) is 1.76. The van der Waals surface area contributed by atoms with E-state index in [9.17, 15) is 4.79 Å². The molecule has 2 bridgehead atoms. The van der Waals surface area contributed by atoms with E-state index in [0.29, 0.717) is 17.5 Å². The number of halogens is 1. The van der Waals surface area contributed by atoms with Crippen LogP contribution in [0.1, 0.15) is 43.2 Å². The molecular weight excluding hydrogens is 455 g/mol. The normalized spacial score (nSPS) is 31.5. The number of nitrogens with one attached hydrogen (secondary N) is 3. The Morgan fingerprint density at radius 3 is 2.94 bits per heavy atom. The van der Waals surface area contributed by atoms with Gasteiger partial charge in [-0.05, 0) is 50.8 Å². The summed E-state index contributed by atoms with van der Waals surface area (Å²) in [5, 5.41) is 13.1. The van der Waals surface area contributed by atoms with E-state index in [1.54, 1.807) is 12.3 Å². The maximum absolute atomic E-state index is 15.1. The molecule has 5 fully saturated rings. The van der Waals surface area contributed by atoms with E-state index in [4.69, 9.17) is 9.47 Å². The van der Waals surface area contributed by atoms with Crippen molar-refractivity contribution < 1.29 is 18.7 Å². The molecule has 3 aliphatic carbocycles. The van der Waals surface area contributed by atoms with Gasteiger partial charge in [-0.15, -0.1) is 0 Å². The number of hydrogen-bond donors (Lipinski definition) is 3. The molecule has 0 radical (unpaired) electrons. The Kier molecular flexibility index (Phi) is 4.75. The number of H-pyrrole nitrogens is 1. The maximum Gasteiger partial charge on any atom is 0.408 e. The van der Waals surface area contributed by atoms with E-state index >= 15 is 4.39 Å². The first-order chi connectivity index (χ1) is 17.0. The van der Waals surface area contributed by atoms with Gasteiger partial charge in [-0.25, -0.2) is 19.2 Å². The summed E-state index contributed by atoms with van der Waals surface area (Å²) >= 11 is 0. The number of rotatable bonds is 7. The molecule has 5 aliphatic rings. The summed E-state index contributed by atoms with van der Waals surface area (Å²) in [5.41, 5.74) is 2.11. The molecule has 3 saturated carbocycles. The number of aromatic nitrogens is 5. The highest BCUT2D eigenvalue weighted by Gasteiger charge is 2.58. The van der Waals surface area contributed by atoms with Crippen molar-refractivity contribution in [1.29, 1.82) is 0 Å². The van der Waals surface area contributed by atoms with Gasteiger partial charge in [-0.1, -0.05) is 0 Å². The predicted molar refractivity (Wildman–Crippen MR) is 122 cm³/mol. The number of likely N-dealkylation sites (tertiary alicyclic amines) is 1. The number of carbonyl (C=O) groups excluding carboxylic acids is 1. The molecule has 2 saturated heterocycles. The lowest BCUT2D eigenvalue weighted by molar-refractivity contribution is -0.0528. The number of alkyl halides is 1. The van der Waals surface area contributed by atoms with E-state index in [-0.39, 0.29) is 12.1 Å². The molecule has 3 N–H and O–H groups in total. The highest BCUT2D eigenvalue weighted by atomic mass is 19.1. The highest BCUT2D eigenvalue weighted by molar-refractivity contribution is 5.69. The van der Waals surface area contributed by atoms with Crippen LogP contribution in [0.3, 0.4) is 0 Å². The molecule has 0 spiro atoms. The summed E-state index contributed by atoms with van der Waals surface area (Å²) in [4.78, 5) is 23.6. The monoisotopic (exact) mass is 482 g/mol. The largest absolute Gasteiger partial charge is 0.441 e. The van der Waals surface area contributed by atoms with Crippen molar-refractivity contribution in [3.8, 4) is 0 Å². The van der Waals surface area contributed by atoms with Crippen LogP contribution in [0.5, 0.6) is 0 Å². The Morgan fingerprint density at radius 1 is 1.34 bits per heavy atom. The molecular formula is C23H27FN8O3. The second-order valence-corrected chi connectivity index (χ2v) is 10.2. The molecule has 3 aromatic rings. The van der Waals surface area contributed by atoms with Gasteiger partial charge in [0.15, 0.2) is 18.1 Å². The first kappa shape index (κ1) is 21.1. The van der Waals surface area contributed by atoms with Crippen molar-refractivity contribution in [3.05, 3.63) is 35.9 Å². The fourth-order valence-corrected chi connectivity index (χ4v) is 5.52. The number of anilines is 2. The number of carbonyl (C=O) groups is 1. The van der Waals surface area contributed by atoms with Gasteiger partial charge >= 0.3 is 6.09 Å². The third-order valence-electron chi connectivity index (χ3n) is 7.66. The lowest BCUT2D eigenvalue weighted by Gasteiger charge is -2.61. The van der Waals surface area contributed by atoms with Crippen molar-refractivity contribution >= 4 is 23.5 Å². The van der Waals surface area contributed by atoms with Gasteiger partial charge in [-0.2, -0.15) is 5.10 Å². The van der Waals surface area contributed by atoms with Gasteiger partial charge in [0.1, 0.15) is 11.8 Å². The molecule has 184 valence electrons. The Balaban J connectivity index is 1.00. The Labute approximate surface area is 200 Å². The van der Waals surface area contributed by atoms with E-state index in [0.717, 1.165) is 56.2 Å². The molecule has 3 atom stereocenters. The van der Waals surface area contributed by atoms with Crippen molar-refractivity contribution in [2.45, 2.75) is 56.1 Å². The summed E-state index contributed by atoms with van der Waals surface area (Å²) in [6, 6.07) is 3.53. The summed E-state index contributed by atoms with van der Waals surface area (Å²) in [6.07, 6.45) is 3.94. The highest BCUT2D eigenvalue weighted by Crippen LogP contribution is 2.57. The molecule has 5 heterocycles. The minimum Gasteiger partial charge on any atom is -0.441 e. The average Bonchev–Trinajstić information content (AvgIpc) is 3.47. The number of amides is 1. The van der Waals surface area contributed by atoms with Gasteiger partial charge < -0.3 is 20.1 Å². The van der Waals surface area contributed by atoms with Gasteiger partial charge in [0.25, 0.3) is 0 Å². The van der Waals surface area contributed by atoms with E-state index in [1.165, 1.54) is 6.42 Å². The smallest absolute Gasteiger partial charge is 0.408 e. The van der Waals surface area contributed by atoms with Crippen LogP contribution in [0.15, 0.2) is 24.5 Å². The van der Waals surface area contributed by atoms with Gasteiger partial charge in [0.2, 0.25) is 5.95 Å². The number of ether oxygens (including phenoxy) is 2. The Morgan fingerprint density at radius 2 is 2.20 bits per heavy atom. The fraction of sp³-hybridized carbons (Fsp3) is 0.565. The number of hydrogen-bond acceptors (Lipinski definition) is 8. The fourth-order valence-electron chi connectivity index (χ4n) is 5.52. The molecule has 0 aromatic carbocycles. The lowest BCUT2D eigenvalue weighted by atomic mass is 9.50. The van der Waals surface area contributed by atoms with Crippen molar-refractivity contribution in [2.24, 2.45) is 5.92 Å². The van der Waals surface area contributed by atoms with Gasteiger partial charge in [0, 0.05) is 30.5 Å². The van der Waals surface area contributed by atoms with Crippen LogP contribution in [0.4, 0.5) is 21.0 Å². The van der Waals surface area contributed by atoms with Crippen LogP contribution in [-0.4, -0.2) is 73.1 Å². The average molecular weight is 483 g/mol. The Bertz CT molecular complexity index is 1260. The zero-order valence-corrected chi connectivity index (χ0v) is 19.1. The van der Waals surface area contributed by atoms with Crippen LogP contribution >= 0.6 is 0 Å². The van der Waals surface area contributed by atoms with Crippen molar-refractivity contribution in [3.63, 3.8) is 0 Å². The second kappa shape index (κ2) is 7.89. The third-order valence-corrected chi connectivity index (χ3v) is 7.66. The second-order valence-electron chi connectivity index (χ2n) is 10.2. The molecule has 8 rings (SSSR count). The first-order valence-corrected chi connectivity index (χ1v) is 12.2. The number of nitrogens with zero attached hydrogens (tertiary/aromatic N) is 5. The topological polar surface area (TPSA) is 122 Å². The number of imidazole rings is 1. The number of alkyl carbamates (subject to hydrolysis) is 1. The van der Waals surface area contributed by atoms with E-state index < -0.39 is 24.5 Å². The minimum atomic E-state index is -1.50. The van der Waals surface area contributed by atoms with Gasteiger partial charge in [-0.3, -0.25) is 14.4 Å². The van der Waals surface area contributed by atoms with E-state index in [1.807, 2.05) is 16.7 Å². The summed E-state index contributed by atoms with van der Waals surface area (Å²) < 4.78 is 27.9. The molecule has 12 heteroatoms. The van der Waals surface area contributed by atoms with Crippen LogP contribution in [0.25, 0.3) is 5.65 Å². The van der Waals surface area contributed by atoms with Crippen LogP contribution in [-0.2, 0) is 16.0 Å². The molecule has 0 unspecified atom stereocenters. The molecule has 11 nitrogen and oxygen atoms in total. The molecule has 1 amide bonds. The molecule has 2 aliphatic heterocycles. The zero-order chi connectivity index (χ0) is 23.6.